The topological polar surface area (TPSA) is 77.3 Å². The predicted octanol–water partition coefficient (Wildman–Crippen LogP) is 2.95. The van der Waals surface area contributed by atoms with Gasteiger partial charge in [0.05, 0.1) is 23.7 Å². The first-order valence-corrected chi connectivity index (χ1v) is 8.73. The molecule has 0 aliphatic rings. The van der Waals surface area contributed by atoms with Crippen molar-refractivity contribution in [3.8, 4) is 5.69 Å². The van der Waals surface area contributed by atoms with Crippen LogP contribution >= 0.6 is 11.3 Å². The van der Waals surface area contributed by atoms with Crippen molar-refractivity contribution in [2.45, 2.75) is 13.0 Å². The number of esters is 1. The summed E-state index contributed by atoms with van der Waals surface area (Å²) in [6.07, 6.45) is 3.11. The molecule has 0 fully saturated rings. The Hall–Kier alpha value is -3.00. The number of aromatic nitrogens is 3. The van der Waals surface area contributed by atoms with Gasteiger partial charge in [0.1, 0.15) is 17.5 Å². The standard InChI is InChI=1S/C18H18N4O3S/c1-12(13-4-6-14(7-5-13)22-11-19-10-20-22)21(2)17(23)15-8-9-16(26-15)18(24)25-3/h4-12H,1-3H3. The maximum absolute atomic E-state index is 12.7. The Morgan fingerprint density at radius 1 is 1.15 bits per heavy atom. The van der Waals surface area contributed by atoms with Crippen molar-refractivity contribution in [3.63, 3.8) is 0 Å². The van der Waals surface area contributed by atoms with Crippen LogP contribution in [0.1, 0.15) is 37.9 Å². The fourth-order valence-electron chi connectivity index (χ4n) is 2.48. The van der Waals surface area contributed by atoms with Crippen molar-refractivity contribution in [1.29, 1.82) is 0 Å². The molecule has 0 aliphatic carbocycles. The van der Waals surface area contributed by atoms with Gasteiger partial charge in [-0.1, -0.05) is 12.1 Å². The highest BCUT2D eigenvalue weighted by Gasteiger charge is 2.22. The molecule has 0 bridgehead atoms. The first kappa shape index (κ1) is 17.8. The van der Waals surface area contributed by atoms with Crippen LogP contribution in [0.2, 0.25) is 0 Å². The SMILES string of the molecule is COC(=O)c1ccc(C(=O)N(C)C(C)c2ccc(-n3cncn3)cc2)s1. The monoisotopic (exact) mass is 370 g/mol. The molecule has 0 aliphatic heterocycles. The number of ether oxygens (including phenoxy) is 1. The highest BCUT2D eigenvalue weighted by atomic mass is 32.1. The molecule has 3 aromatic rings. The normalized spacial score (nSPS) is 11.8. The smallest absolute Gasteiger partial charge is 0.348 e. The van der Waals surface area contributed by atoms with Gasteiger partial charge in [-0.05, 0) is 36.8 Å². The molecule has 134 valence electrons. The van der Waals surface area contributed by atoms with Gasteiger partial charge in [0, 0.05) is 7.05 Å². The third kappa shape index (κ3) is 3.50. The number of carbonyl (C=O) groups is 2. The average Bonchev–Trinajstić information content (AvgIpc) is 3.37. The summed E-state index contributed by atoms with van der Waals surface area (Å²) in [5.41, 5.74) is 1.89. The summed E-state index contributed by atoms with van der Waals surface area (Å²) in [7, 11) is 3.07. The minimum absolute atomic E-state index is 0.129. The largest absolute Gasteiger partial charge is 0.465 e. The Labute approximate surface area is 154 Å². The van der Waals surface area contributed by atoms with Crippen molar-refractivity contribution in [2.75, 3.05) is 14.2 Å². The molecule has 0 saturated heterocycles. The molecule has 1 unspecified atom stereocenters. The van der Waals surface area contributed by atoms with Crippen LogP contribution in [0.5, 0.6) is 0 Å². The van der Waals surface area contributed by atoms with Gasteiger partial charge in [0.2, 0.25) is 0 Å². The number of hydrogen-bond donors (Lipinski definition) is 0. The molecule has 1 aromatic carbocycles. The molecular weight excluding hydrogens is 352 g/mol. The van der Waals surface area contributed by atoms with E-state index < -0.39 is 5.97 Å². The average molecular weight is 370 g/mol. The lowest BCUT2D eigenvalue weighted by Gasteiger charge is -2.25. The van der Waals surface area contributed by atoms with Crippen LogP contribution in [0.4, 0.5) is 0 Å². The number of carbonyl (C=O) groups excluding carboxylic acids is 2. The van der Waals surface area contributed by atoms with Gasteiger partial charge in [-0.15, -0.1) is 11.3 Å². The van der Waals surface area contributed by atoms with E-state index in [2.05, 4.69) is 14.8 Å². The lowest BCUT2D eigenvalue weighted by Crippen LogP contribution is -2.29. The van der Waals surface area contributed by atoms with Crippen LogP contribution in [-0.2, 0) is 4.74 Å². The zero-order valence-electron chi connectivity index (χ0n) is 14.6. The third-order valence-corrected chi connectivity index (χ3v) is 5.22. The fraction of sp³-hybridized carbons (Fsp3) is 0.222. The number of nitrogens with zero attached hydrogens (tertiary/aromatic N) is 4. The summed E-state index contributed by atoms with van der Waals surface area (Å²) in [6.45, 7) is 1.96. The summed E-state index contributed by atoms with van der Waals surface area (Å²) < 4.78 is 6.35. The van der Waals surface area contributed by atoms with E-state index in [1.54, 1.807) is 35.1 Å². The van der Waals surface area contributed by atoms with Gasteiger partial charge in [0.25, 0.3) is 5.91 Å². The Balaban J connectivity index is 1.74. The number of thiophene rings is 1. The summed E-state index contributed by atoms with van der Waals surface area (Å²) in [6, 6.07) is 10.9. The number of methoxy groups -OCH3 is 1. The van der Waals surface area contributed by atoms with Crippen LogP contribution in [0.25, 0.3) is 5.69 Å². The molecular formula is C18H18N4O3S. The molecule has 0 N–H and O–H groups in total. The molecule has 7 nitrogen and oxygen atoms in total. The van der Waals surface area contributed by atoms with Crippen molar-refractivity contribution < 1.29 is 14.3 Å². The van der Waals surface area contributed by atoms with E-state index in [0.717, 1.165) is 22.6 Å². The van der Waals surface area contributed by atoms with Crippen molar-refractivity contribution in [2.24, 2.45) is 0 Å². The van der Waals surface area contributed by atoms with Crippen LogP contribution in [0.15, 0.2) is 49.1 Å². The van der Waals surface area contributed by atoms with Crippen LogP contribution < -0.4 is 0 Å². The molecule has 0 saturated carbocycles. The molecule has 0 spiro atoms. The van der Waals surface area contributed by atoms with E-state index in [1.165, 1.54) is 13.4 Å². The fourth-order valence-corrected chi connectivity index (χ4v) is 3.39. The molecule has 1 atom stereocenters. The van der Waals surface area contributed by atoms with Gasteiger partial charge >= 0.3 is 5.97 Å². The molecule has 3 rings (SSSR count). The number of hydrogen-bond acceptors (Lipinski definition) is 6. The first-order chi connectivity index (χ1) is 12.5. The van der Waals surface area contributed by atoms with E-state index >= 15 is 0 Å². The number of amides is 1. The van der Waals surface area contributed by atoms with E-state index in [9.17, 15) is 9.59 Å². The third-order valence-electron chi connectivity index (χ3n) is 4.16. The summed E-state index contributed by atoms with van der Waals surface area (Å²) in [5, 5.41) is 4.09. The molecule has 2 heterocycles. The molecule has 1 amide bonds. The Kier molecular flexibility index (Phi) is 5.13. The van der Waals surface area contributed by atoms with Crippen LogP contribution in [0, 0.1) is 0 Å². The molecule has 2 aromatic heterocycles. The van der Waals surface area contributed by atoms with Gasteiger partial charge in [-0.2, -0.15) is 5.10 Å². The first-order valence-electron chi connectivity index (χ1n) is 7.91. The van der Waals surface area contributed by atoms with Crippen molar-refractivity contribution in [3.05, 3.63) is 64.4 Å². The van der Waals surface area contributed by atoms with Gasteiger partial charge in [0.15, 0.2) is 0 Å². The summed E-state index contributed by atoms with van der Waals surface area (Å²) in [4.78, 5) is 30.7. The number of rotatable bonds is 5. The van der Waals surface area contributed by atoms with Gasteiger partial charge < -0.3 is 9.64 Å². The summed E-state index contributed by atoms with van der Waals surface area (Å²) >= 11 is 1.13. The zero-order chi connectivity index (χ0) is 18.7. The Morgan fingerprint density at radius 2 is 1.85 bits per heavy atom. The van der Waals surface area contributed by atoms with Crippen LogP contribution in [0.3, 0.4) is 0 Å². The number of benzene rings is 1. The second-order valence-corrected chi connectivity index (χ2v) is 6.76. The summed E-state index contributed by atoms with van der Waals surface area (Å²) in [5.74, 6) is -0.577. The van der Waals surface area contributed by atoms with Crippen molar-refractivity contribution >= 4 is 23.2 Å². The minimum Gasteiger partial charge on any atom is -0.465 e. The van der Waals surface area contributed by atoms with E-state index in [0.29, 0.717) is 9.75 Å². The highest BCUT2D eigenvalue weighted by molar-refractivity contribution is 7.15. The second kappa shape index (κ2) is 7.49. The predicted molar refractivity (Wildman–Crippen MR) is 97.5 cm³/mol. The minimum atomic E-state index is -0.437. The molecule has 26 heavy (non-hydrogen) atoms. The maximum atomic E-state index is 12.7. The lowest BCUT2D eigenvalue weighted by molar-refractivity contribution is 0.0606. The van der Waals surface area contributed by atoms with E-state index in [-0.39, 0.29) is 11.9 Å². The molecule has 8 heteroatoms. The van der Waals surface area contributed by atoms with Gasteiger partial charge in [-0.3, -0.25) is 4.79 Å². The van der Waals surface area contributed by atoms with Crippen molar-refractivity contribution in [1.82, 2.24) is 19.7 Å². The van der Waals surface area contributed by atoms with E-state index in [1.807, 2.05) is 31.2 Å². The Bertz CT molecular complexity index is 903. The maximum Gasteiger partial charge on any atom is 0.348 e. The Morgan fingerprint density at radius 3 is 2.46 bits per heavy atom. The zero-order valence-corrected chi connectivity index (χ0v) is 15.4. The lowest BCUT2D eigenvalue weighted by atomic mass is 10.1. The highest BCUT2D eigenvalue weighted by Crippen LogP contribution is 2.25. The van der Waals surface area contributed by atoms with E-state index in [4.69, 9.17) is 0 Å². The van der Waals surface area contributed by atoms with Crippen LogP contribution in [-0.4, -0.2) is 45.7 Å². The molecule has 0 radical (unpaired) electrons. The quantitative estimate of drug-likeness (QED) is 0.645. The van der Waals surface area contributed by atoms with Gasteiger partial charge in [-0.25, -0.2) is 14.5 Å². The second-order valence-electron chi connectivity index (χ2n) is 5.68.